The summed E-state index contributed by atoms with van der Waals surface area (Å²) in [6.45, 7) is 3.97. The Morgan fingerprint density at radius 2 is 1.60 bits per heavy atom. The number of benzene rings is 2. The molecule has 0 bridgehead atoms. The molecule has 2 aromatic carbocycles. The molecule has 1 aliphatic heterocycles. The van der Waals surface area contributed by atoms with Gasteiger partial charge in [-0.1, -0.05) is 6.07 Å². The lowest BCUT2D eigenvalue weighted by Crippen LogP contribution is -2.49. The Bertz CT molecular complexity index is 914. The summed E-state index contributed by atoms with van der Waals surface area (Å²) in [6.07, 6.45) is 0. The van der Waals surface area contributed by atoms with Crippen LogP contribution < -0.4 is 14.2 Å². The van der Waals surface area contributed by atoms with E-state index in [0.29, 0.717) is 54.6 Å². The molecule has 0 aromatic heterocycles. The fraction of sp³-hybridized carbons (Fsp3) is 0.409. The molecule has 1 aliphatic rings. The van der Waals surface area contributed by atoms with Gasteiger partial charge in [0.1, 0.15) is 11.6 Å². The number of rotatable bonds is 6. The van der Waals surface area contributed by atoms with Crippen LogP contribution in [0.4, 0.5) is 8.78 Å². The molecule has 6 nitrogen and oxygen atoms in total. The van der Waals surface area contributed by atoms with E-state index in [0.717, 1.165) is 6.07 Å². The number of hydrogen-bond donors (Lipinski definition) is 0. The maximum atomic E-state index is 14.1. The molecule has 2 aromatic rings. The van der Waals surface area contributed by atoms with Crippen LogP contribution in [0, 0.1) is 11.6 Å². The molecule has 0 N–H and O–H groups in total. The van der Waals surface area contributed by atoms with Crippen LogP contribution in [0.15, 0.2) is 30.3 Å². The molecule has 1 heterocycles. The van der Waals surface area contributed by atoms with Crippen molar-refractivity contribution < 1.29 is 27.8 Å². The highest BCUT2D eigenvalue weighted by Crippen LogP contribution is 2.40. The zero-order chi connectivity index (χ0) is 21.8. The first-order chi connectivity index (χ1) is 14.4. The van der Waals surface area contributed by atoms with Gasteiger partial charge in [0.2, 0.25) is 5.75 Å². The Balaban J connectivity index is 1.73. The Kier molecular flexibility index (Phi) is 6.77. The summed E-state index contributed by atoms with van der Waals surface area (Å²) in [7, 11) is 4.48. The van der Waals surface area contributed by atoms with E-state index in [1.807, 2.05) is 6.92 Å². The highest BCUT2D eigenvalue weighted by molar-refractivity contribution is 5.98. The first-order valence-corrected chi connectivity index (χ1v) is 9.68. The number of amides is 1. The topological polar surface area (TPSA) is 51.2 Å². The van der Waals surface area contributed by atoms with Crippen LogP contribution in [0.5, 0.6) is 17.2 Å². The maximum Gasteiger partial charge on any atom is 0.257 e. The maximum absolute atomic E-state index is 14.1. The molecule has 1 amide bonds. The quantitative estimate of drug-likeness (QED) is 0.716. The number of methoxy groups -OCH3 is 3. The second-order valence-corrected chi connectivity index (χ2v) is 7.05. The van der Waals surface area contributed by atoms with E-state index in [9.17, 15) is 13.6 Å². The molecule has 1 atom stereocenters. The lowest BCUT2D eigenvalue weighted by molar-refractivity contribution is 0.0575. The molecular weight excluding hydrogens is 394 g/mol. The number of carbonyl (C=O) groups excluding carboxylic acids is 1. The third-order valence-corrected chi connectivity index (χ3v) is 5.50. The third-order valence-electron chi connectivity index (χ3n) is 5.50. The molecule has 0 aliphatic carbocycles. The van der Waals surface area contributed by atoms with Gasteiger partial charge in [0.05, 0.1) is 26.9 Å². The monoisotopic (exact) mass is 420 g/mol. The highest BCUT2D eigenvalue weighted by atomic mass is 19.1. The number of halogens is 2. The summed E-state index contributed by atoms with van der Waals surface area (Å²) >= 11 is 0. The van der Waals surface area contributed by atoms with Crippen molar-refractivity contribution >= 4 is 5.91 Å². The molecular formula is C22H26F2N2O4. The van der Waals surface area contributed by atoms with Crippen molar-refractivity contribution in [2.75, 3.05) is 47.5 Å². The minimum Gasteiger partial charge on any atom is -0.493 e. The van der Waals surface area contributed by atoms with Gasteiger partial charge in [0.15, 0.2) is 11.5 Å². The number of nitrogens with zero attached hydrogens (tertiary/aromatic N) is 2. The summed E-state index contributed by atoms with van der Waals surface area (Å²) < 4.78 is 43.4. The van der Waals surface area contributed by atoms with Crippen molar-refractivity contribution in [2.45, 2.75) is 13.0 Å². The SMILES string of the molecule is COc1ccc(C(=O)N2CCN(C(C)c3ccc(F)cc3F)CC2)c(OC)c1OC. The van der Waals surface area contributed by atoms with Crippen LogP contribution in [-0.4, -0.2) is 63.2 Å². The molecule has 1 unspecified atom stereocenters. The predicted molar refractivity (Wildman–Crippen MR) is 108 cm³/mol. The van der Waals surface area contributed by atoms with Crippen molar-refractivity contribution in [3.63, 3.8) is 0 Å². The van der Waals surface area contributed by atoms with Gasteiger partial charge in [-0.25, -0.2) is 8.78 Å². The van der Waals surface area contributed by atoms with Gasteiger partial charge >= 0.3 is 0 Å². The number of hydrogen-bond acceptors (Lipinski definition) is 5. The van der Waals surface area contributed by atoms with Crippen LogP contribution in [0.2, 0.25) is 0 Å². The van der Waals surface area contributed by atoms with Crippen LogP contribution in [-0.2, 0) is 0 Å². The highest BCUT2D eigenvalue weighted by Gasteiger charge is 2.29. The van der Waals surface area contributed by atoms with E-state index in [4.69, 9.17) is 14.2 Å². The minimum atomic E-state index is -0.595. The summed E-state index contributed by atoms with van der Waals surface area (Å²) in [5, 5.41) is 0. The van der Waals surface area contributed by atoms with E-state index < -0.39 is 11.6 Å². The lowest BCUT2D eigenvalue weighted by Gasteiger charge is -2.38. The molecule has 3 rings (SSSR count). The largest absolute Gasteiger partial charge is 0.493 e. The standard InChI is InChI=1S/C22H26F2N2O4/c1-14(16-6-5-15(23)13-18(16)24)25-9-11-26(12-10-25)22(27)17-7-8-19(28-2)21(30-4)20(17)29-3/h5-8,13-14H,9-12H2,1-4H3. The van der Waals surface area contributed by atoms with E-state index in [2.05, 4.69) is 4.90 Å². The normalized spacial score (nSPS) is 15.6. The zero-order valence-corrected chi connectivity index (χ0v) is 17.6. The van der Waals surface area contributed by atoms with E-state index >= 15 is 0 Å². The molecule has 0 saturated carbocycles. The van der Waals surface area contributed by atoms with Crippen LogP contribution in [0.25, 0.3) is 0 Å². The molecule has 30 heavy (non-hydrogen) atoms. The summed E-state index contributed by atoms with van der Waals surface area (Å²) in [4.78, 5) is 16.9. The molecule has 0 radical (unpaired) electrons. The fourth-order valence-corrected chi connectivity index (χ4v) is 3.79. The number of piperazine rings is 1. The van der Waals surface area contributed by atoms with Gasteiger partial charge in [-0.3, -0.25) is 9.69 Å². The average Bonchev–Trinajstić information content (AvgIpc) is 2.77. The first-order valence-electron chi connectivity index (χ1n) is 9.68. The van der Waals surface area contributed by atoms with Gasteiger partial charge < -0.3 is 19.1 Å². The second kappa shape index (κ2) is 9.30. The zero-order valence-electron chi connectivity index (χ0n) is 17.6. The Labute approximate surface area is 174 Å². The van der Waals surface area contributed by atoms with Crippen molar-refractivity contribution in [3.8, 4) is 17.2 Å². The van der Waals surface area contributed by atoms with Crippen molar-refractivity contribution in [1.82, 2.24) is 9.80 Å². The minimum absolute atomic E-state index is 0.173. The molecule has 162 valence electrons. The summed E-state index contributed by atoms with van der Waals surface area (Å²) in [6, 6.07) is 6.74. The van der Waals surface area contributed by atoms with Gasteiger partial charge in [0.25, 0.3) is 5.91 Å². The van der Waals surface area contributed by atoms with Crippen LogP contribution in [0.3, 0.4) is 0 Å². The third kappa shape index (κ3) is 4.18. The Morgan fingerprint density at radius 1 is 0.933 bits per heavy atom. The summed E-state index contributed by atoms with van der Waals surface area (Å²) in [5.74, 6) is -0.159. The smallest absolute Gasteiger partial charge is 0.257 e. The fourth-order valence-electron chi connectivity index (χ4n) is 3.79. The van der Waals surface area contributed by atoms with E-state index in [-0.39, 0.29) is 11.9 Å². The Morgan fingerprint density at radius 3 is 2.17 bits per heavy atom. The van der Waals surface area contributed by atoms with E-state index in [1.165, 1.54) is 33.5 Å². The number of ether oxygens (including phenoxy) is 3. The average molecular weight is 420 g/mol. The van der Waals surface area contributed by atoms with Crippen molar-refractivity contribution in [3.05, 3.63) is 53.1 Å². The van der Waals surface area contributed by atoms with Gasteiger partial charge in [0, 0.05) is 43.9 Å². The molecule has 8 heteroatoms. The second-order valence-electron chi connectivity index (χ2n) is 7.05. The molecule has 0 spiro atoms. The molecule has 1 saturated heterocycles. The summed E-state index contributed by atoms with van der Waals surface area (Å²) in [5.41, 5.74) is 0.832. The predicted octanol–water partition coefficient (Wildman–Crippen LogP) is 3.51. The van der Waals surface area contributed by atoms with Gasteiger partial charge in [-0.2, -0.15) is 0 Å². The number of carbonyl (C=O) groups is 1. The lowest BCUT2D eigenvalue weighted by atomic mass is 10.0. The van der Waals surface area contributed by atoms with Crippen molar-refractivity contribution in [2.24, 2.45) is 0 Å². The van der Waals surface area contributed by atoms with Crippen LogP contribution in [0.1, 0.15) is 28.9 Å². The first kappa shape index (κ1) is 21.8. The van der Waals surface area contributed by atoms with Gasteiger partial charge in [-0.05, 0) is 25.1 Å². The van der Waals surface area contributed by atoms with E-state index in [1.54, 1.807) is 17.0 Å². The molecule has 1 fully saturated rings. The Hall–Kier alpha value is -2.87. The van der Waals surface area contributed by atoms with Gasteiger partial charge in [-0.15, -0.1) is 0 Å². The van der Waals surface area contributed by atoms with Crippen LogP contribution >= 0.6 is 0 Å². The van der Waals surface area contributed by atoms with Crippen molar-refractivity contribution in [1.29, 1.82) is 0 Å².